The fraction of sp³-hybridized carbons (Fsp3) is 0.667. The molecule has 1 fully saturated rings. The Kier molecular flexibility index (Phi) is 5.02. The molecule has 0 amide bonds. The molecule has 0 spiro atoms. The van der Waals surface area contributed by atoms with Gasteiger partial charge < -0.3 is 0 Å². The van der Waals surface area contributed by atoms with Gasteiger partial charge in [-0.15, -0.1) is 11.3 Å². The molecule has 1 aromatic heterocycles. The van der Waals surface area contributed by atoms with Gasteiger partial charge in [0.15, 0.2) is 15.6 Å². The molecule has 2 atom stereocenters. The van der Waals surface area contributed by atoms with Crippen LogP contribution < -0.4 is 0 Å². The molecule has 5 heteroatoms. The lowest BCUT2D eigenvalue weighted by atomic mass is 9.91. The van der Waals surface area contributed by atoms with E-state index in [-0.39, 0.29) is 16.8 Å². The fourth-order valence-corrected chi connectivity index (χ4v) is 5.67. The van der Waals surface area contributed by atoms with Crippen molar-refractivity contribution in [3.63, 3.8) is 0 Å². The van der Waals surface area contributed by atoms with Crippen molar-refractivity contribution in [2.24, 2.45) is 5.92 Å². The van der Waals surface area contributed by atoms with E-state index in [1.807, 2.05) is 13.0 Å². The van der Waals surface area contributed by atoms with Crippen molar-refractivity contribution in [1.82, 2.24) is 0 Å². The molecule has 0 saturated heterocycles. The number of Topliss-reactive ketones (excluding diaryl/α,β-unsaturated/α-hetero) is 1. The molecule has 0 N–H and O–H groups in total. The Morgan fingerprint density at radius 2 is 2.10 bits per heavy atom. The summed E-state index contributed by atoms with van der Waals surface area (Å²) in [7, 11) is -3.30. The van der Waals surface area contributed by atoms with Crippen LogP contribution in [0.3, 0.4) is 0 Å². The lowest BCUT2D eigenvalue weighted by Crippen LogP contribution is -2.31. The van der Waals surface area contributed by atoms with Gasteiger partial charge in [-0.05, 0) is 37.3 Å². The quantitative estimate of drug-likeness (QED) is 0.782. The lowest BCUT2D eigenvalue weighted by Gasteiger charge is -2.26. The van der Waals surface area contributed by atoms with Gasteiger partial charge >= 0.3 is 0 Å². The van der Waals surface area contributed by atoms with Crippen LogP contribution in [0.25, 0.3) is 0 Å². The normalized spacial score (nSPS) is 23.7. The number of ketones is 1. The van der Waals surface area contributed by atoms with E-state index in [0.717, 1.165) is 24.1 Å². The van der Waals surface area contributed by atoms with Gasteiger partial charge in [-0.25, -0.2) is 8.42 Å². The van der Waals surface area contributed by atoms with E-state index < -0.39 is 9.84 Å². The maximum atomic E-state index is 12.4. The highest BCUT2D eigenvalue weighted by Gasteiger charge is 2.32. The van der Waals surface area contributed by atoms with Gasteiger partial charge in [0.2, 0.25) is 0 Å². The molecule has 2 unspecified atom stereocenters. The second kappa shape index (κ2) is 6.39. The van der Waals surface area contributed by atoms with E-state index in [0.29, 0.717) is 23.6 Å². The fourth-order valence-electron chi connectivity index (χ4n) is 2.79. The molecule has 112 valence electrons. The molecule has 0 aliphatic heterocycles. The molecular weight excluding hydrogens is 292 g/mol. The summed E-state index contributed by atoms with van der Waals surface area (Å²) in [5, 5.41) is -0.319. The molecule has 3 nitrogen and oxygen atoms in total. The predicted octanol–water partition coefficient (Wildman–Crippen LogP) is 3.49. The number of sulfone groups is 1. The summed E-state index contributed by atoms with van der Waals surface area (Å²) in [5.74, 6) is -0.117. The van der Waals surface area contributed by atoms with Gasteiger partial charge in [0, 0.05) is 4.88 Å². The topological polar surface area (TPSA) is 51.2 Å². The summed E-state index contributed by atoms with van der Waals surface area (Å²) >= 11 is 1.41. The van der Waals surface area contributed by atoms with E-state index in [1.54, 1.807) is 6.07 Å². The lowest BCUT2D eigenvalue weighted by molar-refractivity contribution is 0.102. The van der Waals surface area contributed by atoms with Crippen LogP contribution in [0, 0.1) is 5.92 Å². The zero-order chi connectivity index (χ0) is 14.8. The van der Waals surface area contributed by atoms with E-state index in [2.05, 4.69) is 6.92 Å². The van der Waals surface area contributed by atoms with Crippen LogP contribution in [-0.4, -0.2) is 25.2 Å². The minimum Gasteiger partial charge on any atom is -0.292 e. The Labute approximate surface area is 125 Å². The molecule has 1 aromatic rings. The van der Waals surface area contributed by atoms with Gasteiger partial charge in [-0.1, -0.05) is 26.7 Å². The Morgan fingerprint density at radius 1 is 1.35 bits per heavy atom. The van der Waals surface area contributed by atoms with Crippen molar-refractivity contribution in [1.29, 1.82) is 0 Å². The van der Waals surface area contributed by atoms with Crippen LogP contribution in [0.4, 0.5) is 0 Å². The second-order valence-corrected chi connectivity index (χ2v) is 9.19. The summed E-state index contributed by atoms with van der Waals surface area (Å²) in [6, 6.07) is 3.66. The number of rotatable bonds is 5. The molecule has 2 rings (SSSR count). The first kappa shape index (κ1) is 15.7. The third-order valence-corrected chi connectivity index (χ3v) is 7.39. The van der Waals surface area contributed by atoms with Crippen molar-refractivity contribution in [2.45, 2.75) is 51.2 Å². The zero-order valence-electron chi connectivity index (χ0n) is 12.1. The van der Waals surface area contributed by atoms with Crippen molar-refractivity contribution in [3.8, 4) is 0 Å². The Balaban J connectivity index is 2.05. The third-order valence-electron chi connectivity index (χ3n) is 4.01. The van der Waals surface area contributed by atoms with Gasteiger partial charge in [0.25, 0.3) is 0 Å². The van der Waals surface area contributed by atoms with Gasteiger partial charge in [-0.3, -0.25) is 4.79 Å². The monoisotopic (exact) mass is 314 g/mol. The largest absolute Gasteiger partial charge is 0.292 e. The van der Waals surface area contributed by atoms with Crippen LogP contribution in [0.1, 0.15) is 54.1 Å². The van der Waals surface area contributed by atoms with Crippen molar-refractivity contribution in [3.05, 3.63) is 21.9 Å². The maximum Gasteiger partial charge on any atom is 0.187 e. The van der Waals surface area contributed by atoms with Crippen molar-refractivity contribution < 1.29 is 13.2 Å². The minimum absolute atomic E-state index is 0.243. The Hall–Kier alpha value is -0.680. The number of aryl methyl sites for hydroxylation is 1. The van der Waals surface area contributed by atoms with E-state index >= 15 is 0 Å². The summed E-state index contributed by atoms with van der Waals surface area (Å²) in [6.07, 6.45) is 4.36. The minimum atomic E-state index is -3.30. The predicted molar refractivity (Wildman–Crippen MR) is 83.2 cm³/mol. The molecule has 0 radical (unpaired) electrons. The van der Waals surface area contributed by atoms with Crippen LogP contribution in [0.2, 0.25) is 0 Å². The van der Waals surface area contributed by atoms with Crippen LogP contribution in [0.15, 0.2) is 12.1 Å². The number of hydrogen-bond donors (Lipinski definition) is 0. The van der Waals surface area contributed by atoms with Crippen molar-refractivity contribution in [2.75, 3.05) is 5.75 Å². The van der Waals surface area contributed by atoms with Gasteiger partial charge in [0.1, 0.15) is 5.75 Å². The summed E-state index contributed by atoms with van der Waals surface area (Å²) < 4.78 is 24.8. The van der Waals surface area contributed by atoms with Crippen molar-refractivity contribution >= 4 is 27.0 Å². The highest BCUT2D eigenvalue weighted by atomic mass is 32.2. The number of carbonyl (C=O) groups is 1. The van der Waals surface area contributed by atoms with E-state index in [9.17, 15) is 13.2 Å². The molecule has 1 heterocycles. The molecule has 0 aromatic carbocycles. The number of carbonyl (C=O) groups excluding carboxylic acids is 1. The average Bonchev–Trinajstić information content (AvgIpc) is 2.87. The highest BCUT2D eigenvalue weighted by molar-refractivity contribution is 7.92. The second-order valence-electron chi connectivity index (χ2n) is 5.74. The smallest absolute Gasteiger partial charge is 0.187 e. The maximum absolute atomic E-state index is 12.4. The van der Waals surface area contributed by atoms with Gasteiger partial charge in [-0.2, -0.15) is 0 Å². The summed E-state index contributed by atoms with van der Waals surface area (Å²) in [4.78, 5) is 13.8. The van der Waals surface area contributed by atoms with E-state index in [4.69, 9.17) is 0 Å². The molecule has 20 heavy (non-hydrogen) atoms. The molecule has 1 saturated carbocycles. The first-order valence-corrected chi connectivity index (χ1v) is 9.79. The SMILES string of the molecule is CCc1ccc(C(=O)CS(=O)(=O)C2CCCC(C)C2)s1. The third kappa shape index (κ3) is 3.70. The average molecular weight is 314 g/mol. The Morgan fingerprint density at radius 3 is 2.70 bits per heavy atom. The molecule has 1 aliphatic carbocycles. The first-order valence-electron chi connectivity index (χ1n) is 7.26. The molecule has 0 bridgehead atoms. The highest BCUT2D eigenvalue weighted by Crippen LogP contribution is 2.29. The molecule has 1 aliphatic rings. The number of hydrogen-bond acceptors (Lipinski definition) is 4. The standard InChI is InChI=1S/C15H22O3S2/c1-3-12-7-8-15(19-12)14(16)10-20(17,18)13-6-4-5-11(2)9-13/h7-8,11,13H,3-6,9-10H2,1-2H3. The van der Waals surface area contributed by atoms with Gasteiger partial charge in [0.05, 0.1) is 10.1 Å². The zero-order valence-corrected chi connectivity index (χ0v) is 13.7. The first-order chi connectivity index (χ1) is 9.42. The van der Waals surface area contributed by atoms with Crippen LogP contribution in [-0.2, 0) is 16.3 Å². The number of thiophene rings is 1. The summed E-state index contributed by atoms with van der Waals surface area (Å²) in [6.45, 7) is 4.12. The molecular formula is C15H22O3S2. The van der Waals surface area contributed by atoms with E-state index in [1.165, 1.54) is 11.3 Å². The van der Waals surface area contributed by atoms with Crippen LogP contribution in [0.5, 0.6) is 0 Å². The van der Waals surface area contributed by atoms with Crippen LogP contribution >= 0.6 is 11.3 Å². The Bertz CT molecular complexity index is 572. The summed E-state index contributed by atoms with van der Waals surface area (Å²) in [5.41, 5.74) is 0.